The molecular weight excluding hydrogens is 187 g/mol. The third-order valence-electron chi connectivity index (χ3n) is 1.25. The standard InChI is InChI=1S/C8H7O2.Co/c1-10-8(9)7-5-3-2-4-6-7;/h3-6H,1H3;. The Morgan fingerprint density at radius 1 is 1.36 bits per heavy atom. The zero-order valence-corrected chi connectivity index (χ0v) is 7.00. The summed E-state index contributed by atoms with van der Waals surface area (Å²) < 4.78 is 5.34. The van der Waals surface area contributed by atoms with E-state index in [0.717, 1.165) is 4.50 Å². The molecule has 0 saturated carbocycles. The van der Waals surface area contributed by atoms with E-state index in [0.29, 0.717) is 5.56 Å². The van der Waals surface area contributed by atoms with Crippen LogP contribution in [0.25, 0.3) is 0 Å². The second-order valence-corrected chi connectivity index (χ2v) is 2.57. The van der Waals surface area contributed by atoms with Crippen LogP contribution in [0.4, 0.5) is 0 Å². The topological polar surface area (TPSA) is 26.3 Å². The molecule has 0 N–H and O–H groups in total. The molecule has 3 heteroatoms. The van der Waals surface area contributed by atoms with Crippen LogP contribution in [0.2, 0.25) is 0 Å². The Balaban J connectivity index is 2.90. The fourth-order valence-electron chi connectivity index (χ4n) is 0.696. The predicted octanol–water partition coefficient (Wildman–Crippen LogP) is 0.645. The van der Waals surface area contributed by atoms with Gasteiger partial charge in [0, 0.05) is 0 Å². The van der Waals surface area contributed by atoms with Crippen LogP contribution in [0.15, 0.2) is 24.3 Å². The Morgan fingerprint density at radius 3 is 2.36 bits per heavy atom. The van der Waals surface area contributed by atoms with Crippen molar-refractivity contribution in [2.45, 2.75) is 0 Å². The summed E-state index contributed by atoms with van der Waals surface area (Å²) in [5.74, 6) is -0.322. The molecule has 0 aliphatic rings. The Hall–Kier alpha value is -0.804. The fourth-order valence-corrected chi connectivity index (χ4v) is 0.870. The first kappa shape index (κ1) is 8.29. The Kier molecular flexibility index (Phi) is 2.68. The van der Waals surface area contributed by atoms with E-state index in [1.54, 1.807) is 24.3 Å². The number of carbonyl (C=O) groups excluding carboxylic acids is 1. The number of methoxy groups -OCH3 is 1. The molecule has 0 aromatic heterocycles. The number of hydrogen-bond acceptors (Lipinski definition) is 2. The van der Waals surface area contributed by atoms with E-state index in [1.807, 2.05) is 0 Å². The molecule has 0 saturated heterocycles. The van der Waals surface area contributed by atoms with E-state index in [1.165, 1.54) is 7.11 Å². The normalized spacial score (nSPS) is 9.36. The quantitative estimate of drug-likeness (QED) is 0.613. The number of ether oxygens (including phenoxy) is 1. The first-order valence-corrected chi connectivity index (χ1v) is 3.58. The minimum atomic E-state index is -0.322. The van der Waals surface area contributed by atoms with E-state index in [9.17, 15) is 4.79 Å². The molecule has 1 aromatic carbocycles. The Labute approximate surface area is 73.1 Å². The van der Waals surface area contributed by atoms with Crippen molar-refractivity contribution < 1.29 is 25.3 Å². The van der Waals surface area contributed by atoms with Gasteiger partial charge in [0.1, 0.15) is 0 Å². The number of rotatable bonds is 1. The zero-order valence-electron chi connectivity index (χ0n) is 5.96. The summed E-state index contributed by atoms with van der Waals surface area (Å²) in [5.41, 5.74) is 0.545. The summed E-state index contributed by atoms with van der Waals surface area (Å²) in [7, 11) is 1.36. The average molecular weight is 194 g/mol. The number of hydrogen-bond donors (Lipinski definition) is 0. The molecule has 0 heterocycles. The fraction of sp³-hybridized carbons (Fsp3) is 0.125. The van der Waals surface area contributed by atoms with Gasteiger partial charge >= 0.3 is 72.7 Å². The Bertz CT molecular complexity index is 253. The summed E-state index contributed by atoms with van der Waals surface area (Å²) in [6.45, 7) is 0. The molecule has 0 fully saturated rings. The first-order valence-electron chi connectivity index (χ1n) is 3.05. The summed E-state index contributed by atoms with van der Waals surface area (Å²) in [5, 5.41) is 0. The van der Waals surface area contributed by atoms with Crippen molar-refractivity contribution in [2.75, 3.05) is 7.11 Å². The monoisotopic (exact) mass is 194 g/mol. The minimum absolute atomic E-state index is 0.322. The Morgan fingerprint density at radius 2 is 1.91 bits per heavy atom. The van der Waals surface area contributed by atoms with Gasteiger partial charge in [-0.15, -0.1) is 0 Å². The number of esters is 1. The number of benzene rings is 1. The van der Waals surface area contributed by atoms with E-state index >= 15 is 0 Å². The molecule has 11 heavy (non-hydrogen) atoms. The molecule has 0 unspecified atom stereocenters. The molecule has 60 valence electrons. The van der Waals surface area contributed by atoms with Gasteiger partial charge in [-0.05, 0) is 0 Å². The molecule has 0 aliphatic carbocycles. The molecule has 0 amide bonds. The SMILES string of the molecule is COC(=O)c1cc[c]([Co])cc1. The summed E-state index contributed by atoms with van der Waals surface area (Å²) >= 11 is 4.13. The van der Waals surface area contributed by atoms with Gasteiger partial charge < -0.3 is 0 Å². The van der Waals surface area contributed by atoms with Crippen LogP contribution in [-0.2, 0) is 20.5 Å². The van der Waals surface area contributed by atoms with Gasteiger partial charge in [-0.25, -0.2) is 0 Å². The van der Waals surface area contributed by atoms with Crippen molar-refractivity contribution in [1.29, 1.82) is 0 Å². The van der Waals surface area contributed by atoms with Crippen molar-refractivity contribution in [2.24, 2.45) is 0 Å². The molecule has 0 aliphatic heterocycles. The summed E-state index contributed by atoms with van der Waals surface area (Å²) in [6, 6.07) is 6.83. The van der Waals surface area contributed by atoms with Crippen LogP contribution in [-0.4, -0.2) is 13.1 Å². The predicted molar refractivity (Wildman–Crippen MR) is 37.4 cm³/mol. The van der Waals surface area contributed by atoms with E-state index in [-0.39, 0.29) is 5.97 Å². The van der Waals surface area contributed by atoms with Crippen molar-refractivity contribution in [1.82, 2.24) is 0 Å². The second kappa shape index (κ2) is 3.55. The zero-order chi connectivity index (χ0) is 8.27. The van der Waals surface area contributed by atoms with Crippen molar-refractivity contribution in [3.63, 3.8) is 0 Å². The third-order valence-corrected chi connectivity index (χ3v) is 1.60. The van der Waals surface area contributed by atoms with E-state index < -0.39 is 0 Å². The van der Waals surface area contributed by atoms with Gasteiger partial charge in [0.05, 0.1) is 0 Å². The van der Waals surface area contributed by atoms with E-state index in [2.05, 4.69) is 20.5 Å². The molecular formula is C8H7CoO2. The first-order chi connectivity index (χ1) is 5.24. The summed E-state index contributed by atoms with van der Waals surface area (Å²) in [6.07, 6.45) is 0. The summed E-state index contributed by atoms with van der Waals surface area (Å²) in [4.78, 5) is 10.9. The molecule has 0 spiro atoms. The van der Waals surface area contributed by atoms with Crippen LogP contribution in [0.5, 0.6) is 0 Å². The molecule has 0 radical (unpaired) electrons. The van der Waals surface area contributed by atoms with E-state index in [4.69, 9.17) is 0 Å². The maximum absolute atomic E-state index is 10.9. The second-order valence-electron chi connectivity index (χ2n) is 1.97. The van der Waals surface area contributed by atoms with Crippen LogP contribution in [0, 0.1) is 0 Å². The van der Waals surface area contributed by atoms with Gasteiger partial charge in [-0.1, -0.05) is 0 Å². The van der Waals surface area contributed by atoms with Crippen LogP contribution in [0.3, 0.4) is 0 Å². The van der Waals surface area contributed by atoms with Gasteiger partial charge in [0.15, 0.2) is 0 Å². The van der Waals surface area contributed by atoms with Crippen LogP contribution in [0.1, 0.15) is 10.4 Å². The van der Waals surface area contributed by atoms with Gasteiger partial charge in [-0.2, -0.15) is 0 Å². The van der Waals surface area contributed by atoms with Gasteiger partial charge in [-0.3, -0.25) is 0 Å². The molecule has 0 atom stereocenters. The number of carbonyl (C=O) groups is 1. The molecule has 0 bridgehead atoms. The average Bonchev–Trinajstić information content (AvgIpc) is 2.05. The van der Waals surface area contributed by atoms with Crippen LogP contribution >= 0.6 is 0 Å². The van der Waals surface area contributed by atoms with Crippen molar-refractivity contribution in [3.8, 4) is 0 Å². The maximum atomic E-state index is 10.9. The molecule has 2 nitrogen and oxygen atoms in total. The molecule has 1 aromatic rings. The van der Waals surface area contributed by atoms with Crippen LogP contribution < -0.4 is 4.50 Å². The third kappa shape index (κ3) is 2.06. The molecule has 1 rings (SSSR count). The van der Waals surface area contributed by atoms with Crippen molar-refractivity contribution in [3.05, 3.63) is 29.8 Å². The van der Waals surface area contributed by atoms with Gasteiger partial charge in [0.25, 0.3) is 0 Å². The van der Waals surface area contributed by atoms with Crippen molar-refractivity contribution >= 4 is 10.5 Å². The van der Waals surface area contributed by atoms with Gasteiger partial charge in [0.2, 0.25) is 0 Å².